The quantitative estimate of drug-likeness (QED) is 0.773. The standard InChI is InChI=1S/C11H16N2O3/c1-7-11(16-4)10(8(2)15-3)9(5-12-7)13-6-14/h5-6,8H,1-4H3,(H,13,14). The van der Waals surface area contributed by atoms with Crippen molar-refractivity contribution in [3.8, 4) is 5.75 Å². The molecule has 0 spiro atoms. The summed E-state index contributed by atoms with van der Waals surface area (Å²) in [7, 11) is 3.17. The van der Waals surface area contributed by atoms with Crippen molar-refractivity contribution in [3.63, 3.8) is 0 Å². The van der Waals surface area contributed by atoms with Gasteiger partial charge in [0.05, 0.1) is 30.8 Å². The second kappa shape index (κ2) is 5.46. The summed E-state index contributed by atoms with van der Waals surface area (Å²) in [6.07, 6.45) is 2.02. The van der Waals surface area contributed by atoms with Crippen LogP contribution in [0.1, 0.15) is 24.3 Å². The molecular formula is C11H16N2O3. The van der Waals surface area contributed by atoms with Crippen LogP contribution in [0.3, 0.4) is 0 Å². The van der Waals surface area contributed by atoms with E-state index in [0.717, 1.165) is 11.3 Å². The van der Waals surface area contributed by atoms with Crippen molar-refractivity contribution < 1.29 is 14.3 Å². The lowest BCUT2D eigenvalue weighted by molar-refractivity contribution is -0.105. The van der Waals surface area contributed by atoms with Gasteiger partial charge in [-0.1, -0.05) is 0 Å². The normalized spacial score (nSPS) is 12.0. The maximum atomic E-state index is 10.5. The Morgan fingerprint density at radius 3 is 2.69 bits per heavy atom. The summed E-state index contributed by atoms with van der Waals surface area (Å²) in [5.74, 6) is 0.640. The molecule has 0 radical (unpaired) electrons. The first-order valence-corrected chi connectivity index (χ1v) is 4.92. The lowest BCUT2D eigenvalue weighted by Crippen LogP contribution is -2.08. The van der Waals surface area contributed by atoms with Crippen LogP contribution in [-0.2, 0) is 9.53 Å². The Bertz CT molecular complexity index is 380. The summed E-state index contributed by atoms with van der Waals surface area (Å²) < 4.78 is 10.5. The summed E-state index contributed by atoms with van der Waals surface area (Å²) in [4.78, 5) is 14.6. The summed E-state index contributed by atoms with van der Waals surface area (Å²) in [6, 6.07) is 0. The molecule has 5 heteroatoms. The highest BCUT2D eigenvalue weighted by Gasteiger charge is 2.18. The SMILES string of the molecule is COc1c(C)ncc(NC=O)c1C(C)OC. The molecule has 1 unspecified atom stereocenters. The molecule has 0 aliphatic carbocycles. The number of methoxy groups -OCH3 is 2. The third-order valence-corrected chi connectivity index (χ3v) is 2.43. The van der Waals surface area contributed by atoms with E-state index in [0.29, 0.717) is 17.8 Å². The molecule has 1 aromatic rings. The number of aromatic nitrogens is 1. The molecule has 0 saturated heterocycles. The van der Waals surface area contributed by atoms with E-state index in [1.54, 1.807) is 20.4 Å². The zero-order valence-electron chi connectivity index (χ0n) is 9.90. The Labute approximate surface area is 94.8 Å². The molecule has 1 rings (SSSR count). The Balaban J connectivity index is 3.34. The van der Waals surface area contributed by atoms with E-state index in [4.69, 9.17) is 9.47 Å². The van der Waals surface area contributed by atoms with E-state index in [9.17, 15) is 4.79 Å². The average Bonchev–Trinajstić information content (AvgIpc) is 2.30. The Kier molecular flexibility index (Phi) is 4.25. The van der Waals surface area contributed by atoms with Crippen LogP contribution in [-0.4, -0.2) is 25.6 Å². The second-order valence-corrected chi connectivity index (χ2v) is 3.34. The van der Waals surface area contributed by atoms with Crippen molar-refractivity contribution in [2.45, 2.75) is 20.0 Å². The third kappa shape index (κ3) is 2.30. The van der Waals surface area contributed by atoms with Crippen LogP contribution in [0.25, 0.3) is 0 Å². The molecule has 0 aliphatic rings. The number of hydrogen-bond acceptors (Lipinski definition) is 4. The van der Waals surface area contributed by atoms with Gasteiger partial charge in [-0.15, -0.1) is 0 Å². The van der Waals surface area contributed by atoms with Crippen molar-refractivity contribution in [1.82, 2.24) is 4.98 Å². The third-order valence-electron chi connectivity index (χ3n) is 2.43. The minimum atomic E-state index is -0.181. The van der Waals surface area contributed by atoms with Crippen LogP contribution >= 0.6 is 0 Å². The minimum absolute atomic E-state index is 0.181. The summed E-state index contributed by atoms with van der Waals surface area (Å²) in [5.41, 5.74) is 2.16. The monoisotopic (exact) mass is 224 g/mol. The number of carbonyl (C=O) groups excluding carboxylic acids is 1. The summed E-state index contributed by atoms with van der Waals surface area (Å²) in [6.45, 7) is 3.72. The van der Waals surface area contributed by atoms with Gasteiger partial charge in [0.2, 0.25) is 6.41 Å². The van der Waals surface area contributed by atoms with Gasteiger partial charge < -0.3 is 14.8 Å². The van der Waals surface area contributed by atoms with E-state index in [-0.39, 0.29) is 6.10 Å². The van der Waals surface area contributed by atoms with E-state index in [1.165, 1.54) is 0 Å². The Morgan fingerprint density at radius 1 is 1.50 bits per heavy atom. The predicted octanol–water partition coefficient (Wildman–Crippen LogP) is 1.67. The number of aryl methyl sites for hydroxylation is 1. The smallest absolute Gasteiger partial charge is 0.211 e. The van der Waals surface area contributed by atoms with Gasteiger partial charge in [-0.3, -0.25) is 9.78 Å². The first-order valence-electron chi connectivity index (χ1n) is 4.92. The number of ether oxygens (including phenoxy) is 2. The second-order valence-electron chi connectivity index (χ2n) is 3.34. The van der Waals surface area contributed by atoms with Crippen LogP contribution in [0, 0.1) is 6.92 Å². The van der Waals surface area contributed by atoms with Crippen molar-refractivity contribution in [3.05, 3.63) is 17.5 Å². The van der Waals surface area contributed by atoms with Gasteiger partial charge in [0.1, 0.15) is 5.75 Å². The minimum Gasteiger partial charge on any atom is -0.494 e. The van der Waals surface area contributed by atoms with Gasteiger partial charge in [-0.2, -0.15) is 0 Å². The highest BCUT2D eigenvalue weighted by atomic mass is 16.5. The lowest BCUT2D eigenvalue weighted by Gasteiger charge is -2.19. The molecular weight excluding hydrogens is 208 g/mol. The molecule has 88 valence electrons. The number of rotatable bonds is 5. The number of carbonyl (C=O) groups is 1. The Hall–Kier alpha value is -1.62. The molecule has 0 fully saturated rings. The molecule has 1 amide bonds. The van der Waals surface area contributed by atoms with Crippen LogP contribution in [0.15, 0.2) is 6.20 Å². The van der Waals surface area contributed by atoms with Gasteiger partial charge in [-0.05, 0) is 13.8 Å². The van der Waals surface area contributed by atoms with Crippen molar-refractivity contribution in [1.29, 1.82) is 0 Å². The molecule has 1 heterocycles. The maximum absolute atomic E-state index is 10.5. The van der Waals surface area contributed by atoms with Crippen molar-refractivity contribution in [2.24, 2.45) is 0 Å². The molecule has 0 saturated carbocycles. The number of hydrogen-bond donors (Lipinski definition) is 1. The number of anilines is 1. The first-order chi connectivity index (χ1) is 7.65. The molecule has 1 N–H and O–H groups in total. The average molecular weight is 224 g/mol. The largest absolute Gasteiger partial charge is 0.494 e. The zero-order chi connectivity index (χ0) is 12.1. The van der Waals surface area contributed by atoms with Gasteiger partial charge in [0.25, 0.3) is 0 Å². The molecule has 1 aromatic heterocycles. The fraction of sp³-hybridized carbons (Fsp3) is 0.455. The molecule has 0 aromatic carbocycles. The van der Waals surface area contributed by atoms with Crippen LogP contribution in [0.2, 0.25) is 0 Å². The molecule has 0 bridgehead atoms. The first kappa shape index (κ1) is 12.4. The number of pyridine rings is 1. The van der Waals surface area contributed by atoms with E-state index in [1.807, 2.05) is 13.8 Å². The Morgan fingerprint density at radius 2 is 2.19 bits per heavy atom. The highest BCUT2D eigenvalue weighted by molar-refractivity contribution is 5.75. The van der Waals surface area contributed by atoms with E-state index >= 15 is 0 Å². The summed E-state index contributed by atoms with van der Waals surface area (Å²) in [5, 5.41) is 2.59. The number of amides is 1. The van der Waals surface area contributed by atoms with Crippen LogP contribution < -0.4 is 10.1 Å². The van der Waals surface area contributed by atoms with Crippen molar-refractivity contribution >= 4 is 12.1 Å². The number of nitrogens with one attached hydrogen (secondary N) is 1. The summed E-state index contributed by atoms with van der Waals surface area (Å²) >= 11 is 0. The molecule has 5 nitrogen and oxygen atoms in total. The lowest BCUT2D eigenvalue weighted by atomic mass is 10.1. The predicted molar refractivity (Wildman–Crippen MR) is 60.6 cm³/mol. The van der Waals surface area contributed by atoms with Gasteiger partial charge in [0, 0.05) is 12.7 Å². The number of nitrogens with zero attached hydrogens (tertiary/aromatic N) is 1. The molecule has 16 heavy (non-hydrogen) atoms. The van der Waals surface area contributed by atoms with E-state index in [2.05, 4.69) is 10.3 Å². The fourth-order valence-corrected chi connectivity index (χ4v) is 1.56. The fourth-order valence-electron chi connectivity index (χ4n) is 1.56. The highest BCUT2D eigenvalue weighted by Crippen LogP contribution is 2.34. The topological polar surface area (TPSA) is 60.5 Å². The van der Waals surface area contributed by atoms with Gasteiger partial charge >= 0.3 is 0 Å². The van der Waals surface area contributed by atoms with Crippen LogP contribution in [0.5, 0.6) is 5.75 Å². The molecule has 0 aliphatic heterocycles. The molecule has 1 atom stereocenters. The zero-order valence-corrected chi connectivity index (χ0v) is 9.90. The van der Waals surface area contributed by atoms with E-state index < -0.39 is 0 Å². The van der Waals surface area contributed by atoms with Gasteiger partial charge in [0.15, 0.2) is 0 Å². The van der Waals surface area contributed by atoms with Crippen LogP contribution in [0.4, 0.5) is 5.69 Å². The maximum Gasteiger partial charge on any atom is 0.211 e. The van der Waals surface area contributed by atoms with Crippen molar-refractivity contribution in [2.75, 3.05) is 19.5 Å². The van der Waals surface area contributed by atoms with Gasteiger partial charge in [-0.25, -0.2) is 0 Å².